The average molecular weight is 302 g/mol. The number of amides is 1. The van der Waals surface area contributed by atoms with Crippen molar-refractivity contribution < 1.29 is 14.7 Å². The molecule has 1 aliphatic rings. The van der Waals surface area contributed by atoms with Gasteiger partial charge >= 0.3 is 5.97 Å². The Morgan fingerprint density at radius 3 is 2.68 bits per heavy atom. The monoisotopic (exact) mass is 302 g/mol. The minimum Gasteiger partial charge on any atom is -0.481 e. The van der Waals surface area contributed by atoms with E-state index in [1.807, 2.05) is 35.2 Å². The zero-order chi connectivity index (χ0) is 15.9. The molecule has 5 nitrogen and oxygen atoms in total. The Morgan fingerprint density at radius 1 is 1.32 bits per heavy atom. The summed E-state index contributed by atoms with van der Waals surface area (Å²) in [4.78, 5) is 27.2. The standard InChI is InChI=1S/C17H22N2O3/c1-2-9-19-12-11-18(15(17(19)22)13-16(20)21)10-8-14-6-4-3-5-7-14/h2-7,15H,1,8-13H2,(H,20,21). The molecule has 0 radical (unpaired) electrons. The lowest BCUT2D eigenvalue weighted by Gasteiger charge is -2.39. The number of nitrogens with zero attached hydrogens (tertiary/aromatic N) is 2. The van der Waals surface area contributed by atoms with Gasteiger partial charge in [0.2, 0.25) is 5.91 Å². The van der Waals surface area contributed by atoms with E-state index in [1.54, 1.807) is 11.0 Å². The van der Waals surface area contributed by atoms with Crippen molar-refractivity contribution in [3.8, 4) is 0 Å². The Bertz CT molecular complexity index is 530. The molecule has 1 atom stereocenters. The van der Waals surface area contributed by atoms with Gasteiger partial charge in [-0.3, -0.25) is 14.5 Å². The number of carbonyl (C=O) groups is 2. The van der Waals surface area contributed by atoms with Crippen LogP contribution in [-0.4, -0.2) is 59.0 Å². The molecule has 1 saturated heterocycles. The first-order chi connectivity index (χ1) is 10.6. The summed E-state index contributed by atoms with van der Waals surface area (Å²) in [5.74, 6) is -1.05. The van der Waals surface area contributed by atoms with Crippen molar-refractivity contribution in [2.24, 2.45) is 0 Å². The number of carboxylic acid groups (broad SMARTS) is 1. The fourth-order valence-corrected chi connectivity index (χ4v) is 2.79. The largest absolute Gasteiger partial charge is 0.481 e. The molecule has 0 aromatic heterocycles. The van der Waals surface area contributed by atoms with Gasteiger partial charge in [-0.05, 0) is 12.0 Å². The molecular weight excluding hydrogens is 280 g/mol. The molecule has 1 aromatic carbocycles. The molecule has 5 heteroatoms. The Kier molecular flexibility index (Phi) is 5.72. The fraction of sp³-hybridized carbons (Fsp3) is 0.412. The highest BCUT2D eigenvalue weighted by molar-refractivity contribution is 5.87. The van der Waals surface area contributed by atoms with E-state index in [4.69, 9.17) is 5.11 Å². The fourth-order valence-electron chi connectivity index (χ4n) is 2.79. The predicted molar refractivity (Wildman–Crippen MR) is 84.5 cm³/mol. The van der Waals surface area contributed by atoms with Crippen molar-refractivity contribution in [1.29, 1.82) is 0 Å². The van der Waals surface area contributed by atoms with Gasteiger partial charge in [-0.25, -0.2) is 0 Å². The number of aliphatic carboxylic acids is 1. The molecule has 0 aliphatic carbocycles. The third-order valence-corrected chi connectivity index (χ3v) is 3.94. The van der Waals surface area contributed by atoms with E-state index in [1.165, 1.54) is 5.56 Å². The molecule has 118 valence electrons. The number of carbonyl (C=O) groups excluding carboxylic acids is 1. The maximum Gasteiger partial charge on any atom is 0.305 e. The van der Waals surface area contributed by atoms with Crippen LogP contribution < -0.4 is 0 Å². The van der Waals surface area contributed by atoms with Crippen LogP contribution in [-0.2, 0) is 16.0 Å². The average Bonchev–Trinajstić information content (AvgIpc) is 2.51. The van der Waals surface area contributed by atoms with Crippen LogP contribution in [0.1, 0.15) is 12.0 Å². The summed E-state index contributed by atoms with van der Waals surface area (Å²) in [5.41, 5.74) is 1.19. The van der Waals surface area contributed by atoms with E-state index in [-0.39, 0.29) is 12.3 Å². The van der Waals surface area contributed by atoms with Gasteiger partial charge in [-0.2, -0.15) is 0 Å². The predicted octanol–water partition coefficient (Wildman–Crippen LogP) is 1.40. The van der Waals surface area contributed by atoms with Gasteiger partial charge in [-0.1, -0.05) is 36.4 Å². The molecule has 0 bridgehead atoms. The first kappa shape index (κ1) is 16.2. The number of piperazine rings is 1. The van der Waals surface area contributed by atoms with Crippen molar-refractivity contribution in [3.63, 3.8) is 0 Å². The van der Waals surface area contributed by atoms with Crippen LogP contribution in [0.25, 0.3) is 0 Å². The van der Waals surface area contributed by atoms with Gasteiger partial charge in [0, 0.05) is 26.2 Å². The van der Waals surface area contributed by atoms with E-state index in [2.05, 4.69) is 6.58 Å². The second-order valence-corrected chi connectivity index (χ2v) is 5.46. The first-order valence-corrected chi connectivity index (χ1v) is 7.51. The Morgan fingerprint density at radius 2 is 2.05 bits per heavy atom. The molecule has 1 amide bonds. The molecule has 1 N–H and O–H groups in total. The third kappa shape index (κ3) is 4.18. The number of hydrogen-bond donors (Lipinski definition) is 1. The minimum absolute atomic E-state index is 0.110. The lowest BCUT2D eigenvalue weighted by Crippen LogP contribution is -2.57. The van der Waals surface area contributed by atoms with E-state index < -0.39 is 12.0 Å². The van der Waals surface area contributed by atoms with E-state index in [0.717, 1.165) is 6.42 Å². The van der Waals surface area contributed by atoms with Crippen LogP contribution in [0.4, 0.5) is 0 Å². The third-order valence-electron chi connectivity index (χ3n) is 3.94. The maximum absolute atomic E-state index is 12.4. The van der Waals surface area contributed by atoms with Gasteiger partial charge in [0.25, 0.3) is 0 Å². The van der Waals surface area contributed by atoms with Gasteiger partial charge in [0.05, 0.1) is 12.5 Å². The number of hydrogen-bond acceptors (Lipinski definition) is 3. The minimum atomic E-state index is -0.941. The zero-order valence-electron chi connectivity index (χ0n) is 12.6. The summed E-state index contributed by atoms with van der Waals surface area (Å²) < 4.78 is 0. The summed E-state index contributed by atoms with van der Waals surface area (Å²) >= 11 is 0. The second-order valence-electron chi connectivity index (χ2n) is 5.46. The van der Waals surface area contributed by atoms with Crippen molar-refractivity contribution in [1.82, 2.24) is 9.80 Å². The van der Waals surface area contributed by atoms with Crippen LogP contribution in [0.2, 0.25) is 0 Å². The molecule has 0 spiro atoms. The molecule has 1 heterocycles. The molecule has 1 aliphatic heterocycles. The lowest BCUT2D eigenvalue weighted by atomic mass is 10.1. The molecule has 2 rings (SSSR count). The van der Waals surface area contributed by atoms with Crippen LogP contribution in [0, 0.1) is 0 Å². The summed E-state index contributed by atoms with van der Waals surface area (Å²) in [7, 11) is 0. The Balaban J connectivity index is 2.03. The SMILES string of the molecule is C=CCN1CCN(CCc2ccccc2)C(CC(=O)O)C1=O. The van der Waals surface area contributed by atoms with Crippen LogP contribution in [0.5, 0.6) is 0 Å². The summed E-state index contributed by atoms with van der Waals surface area (Å²) in [6, 6.07) is 9.45. The summed E-state index contributed by atoms with van der Waals surface area (Å²) in [6.45, 7) is 6.13. The molecule has 0 saturated carbocycles. The molecular formula is C17H22N2O3. The van der Waals surface area contributed by atoms with Crippen molar-refractivity contribution in [3.05, 3.63) is 48.6 Å². The maximum atomic E-state index is 12.4. The smallest absolute Gasteiger partial charge is 0.305 e. The van der Waals surface area contributed by atoms with Gasteiger partial charge in [0.15, 0.2) is 0 Å². The Labute approximate surface area is 130 Å². The van der Waals surface area contributed by atoms with Crippen molar-refractivity contribution in [2.45, 2.75) is 18.9 Å². The van der Waals surface area contributed by atoms with Gasteiger partial charge in [-0.15, -0.1) is 6.58 Å². The van der Waals surface area contributed by atoms with Gasteiger partial charge in [0.1, 0.15) is 0 Å². The molecule has 1 aromatic rings. The Hall–Kier alpha value is -2.14. The molecule has 1 unspecified atom stereocenters. The van der Waals surface area contributed by atoms with Gasteiger partial charge < -0.3 is 10.0 Å². The van der Waals surface area contributed by atoms with E-state index in [9.17, 15) is 9.59 Å². The highest BCUT2D eigenvalue weighted by atomic mass is 16.4. The number of carboxylic acids is 1. The first-order valence-electron chi connectivity index (χ1n) is 7.51. The molecule has 22 heavy (non-hydrogen) atoms. The highest BCUT2D eigenvalue weighted by Crippen LogP contribution is 2.16. The van der Waals surface area contributed by atoms with E-state index in [0.29, 0.717) is 26.2 Å². The molecule has 1 fully saturated rings. The van der Waals surface area contributed by atoms with Crippen LogP contribution in [0.15, 0.2) is 43.0 Å². The summed E-state index contributed by atoms with van der Waals surface area (Å²) in [6.07, 6.45) is 2.34. The quantitative estimate of drug-likeness (QED) is 0.774. The zero-order valence-corrected chi connectivity index (χ0v) is 12.6. The van der Waals surface area contributed by atoms with Crippen LogP contribution in [0.3, 0.4) is 0 Å². The van der Waals surface area contributed by atoms with Crippen molar-refractivity contribution in [2.75, 3.05) is 26.2 Å². The van der Waals surface area contributed by atoms with E-state index >= 15 is 0 Å². The highest BCUT2D eigenvalue weighted by Gasteiger charge is 2.35. The number of rotatable bonds is 7. The second kappa shape index (κ2) is 7.75. The topological polar surface area (TPSA) is 60.9 Å². The normalized spacial score (nSPS) is 19.2. The summed E-state index contributed by atoms with van der Waals surface area (Å²) in [5, 5.41) is 9.09. The lowest BCUT2D eigenvalue weighted by molar-refractivity contribution is -0.148. The van der Waals surface area contributed by atoms with Crippen molar-refractivity contribution >= 4 is 11.9 Å². The number of benzene rings is 1. The van der Waals surface area contributed by atoms with Crippen LogP contribution >= 0.6 is 0 Å².